The number of hydrogen-bond acceptors (Lipinski definition) is 1. The van der Waals surface area contributed by atoms with Gasteiger partial charge < -0.3 is 0 Å². The van der Waals surface area contributed by atoms with Gasteiger partial charge in [-0.3, -0.25) is 4.79 Å². The normalized spacial score (nSPS) is 10.5. The van der Waals surface area contributed by atoms with Crippen LogP contribution in [0.4, 0.5) is 4.39 Å². The van der Waals surface area contributed by atoms with E-state index in [2.05, 4.69) is 0 Å². The maximum absolute atomic E-state index is 13.3. The third kappa shape index (κ3) is 3.08. The molecule has 0 bridgehead atoms. The molecule has 19 heavy (non-hydrogen) atoms. The first-order valence-electron chi connectivity index (χ1n) is 5.41. The molecule has 0 fully saturated rings. The summed E-state index contributed by atoms with van der Waals surface area (Å²) in [7, 11) is 0. The number of rotatable bonds is 3. The van der Waals surface area contributed by atoms with Crippen molar-refractivity contribution in [3.05, 3.63) is 68.4 Å². The Kier molecular flexibility index (Phi) is 4.46. The van der Waals surface area contributed by atoms with Crippen LogP contribution in [0.1, 0.15) is 15.9 Å². The Morgan fingerprint density at radius 3 is 2.42 bits per heavy atom. The van der Waals surface area contributed by atoms with Gasteiger partial charge in [-0.15, -0.1) is 0 Å². The quantitative estimate of drug-likeness (QED) is 0.710. The molecule has 0 aliphatic carbocycles. The van der Waals surface area contributed by atoms with E-state index in [1.54, 1.807) is 18.2 Å². The molecule has 0 saturated heterocycles. The van der Waals surface area contributed by atoms with Crippen LogP contribution in [-0.4, -0.2) is 5.78 Å². The molecule has 0 amide bonds. The average Bonchev–Trinajstić information content (AvgIpc) is 2.38. The zero-order valence-electron chi connectivity index (χ0n) is 9.59. The van der Waals surface area contributed by atoms with Crippen molar-refractivity contribution in [1.82, 2.24) is 0 Å². The number of benzene rings is 2. The van der Waals surface area contributed by atoms with Gasteiger partial charge in [0.1, 0.15) is 5.82 Å². The standard InChI is InChI=1S/C14H8Cl3FO/c15-10-5-1-3-8(13(10)16)7-12(19)9-4-2-6-11(18)14(9)17/h1-6H,7H2. The third-order valence-electron chi connectivity index (χ3n) is 2.63. The summed E-state index contributed by atoms with van der Waals surface area (Å²) in [5, 5.41) is 0.521. The lowest BCUT2D eigenvalue weighted by Crippen LogP contribution is -2.05. The van der Waals surface area contributed by atoms with Gasteiger partial charge in [0.05, 0.1) is 15.1 Å². The number of Topliss-reactive ketones (excluding diaryl/α,β-unsaturated/α-hetero) is 1. The average molecular weight is 318 g/mol. The molecule has 2 aromatic carbocycles. The fraction of sp³-hybridized carbons (Fsp3) is 0.0714. The summed E-state index contributed by atoms with van der Waals surface area (Å²) >= 11 is 17.6. The SMILES string of the molecule is O=C(Cc1cccc(Cl)c1Cl)c1cccc(F)c1Cl. The third-order valence-corrected chi connectivity index (χ3v) is 3.88. The second-order valence-corrected chi connectivity index (χ2v) is 5.08. The summed E-state index contributed by atoms with van der Waals surface area (Å²) in [4.78, 5) is 12.1. The molecule has 0 heterocycles. The predicted octanol–water partition coefficient (Wildman–Crippen LogP) is 5.21. The predicted molar refractivity (Wildman–Crippen MR) is 75.9 cm³/mol. The second kappa shape index (κ2) is 5.91. The van der Waals surface area contributed by atoms with Crippen LogP contribution in [0, 0.1) is 5.82 Å². The van der Waals surface area contributed by atoms with Crippen molar-refractivity contribution < 1.29 is 9.18 Å². The molecule has 0 saturated carbocycles. The van der Waals surface area contributed by atoms with Gasteiger partial charge in [-0.2, -0.15) is 0 Å². The minimum Gasteiger partial charge on any atom is -0.294 e. The van der Waals surface area contributed by atoms with E-state index in [9.17, 15) is 9.18 Å². The van der Waals surface area contributed by atoms with Gasteiger partial charge in [0.25, 0.3) is 0 Å². The molecule has 5 heteroatoms. The summed E-state index contributed by atoms with van der Waals surface area (Å²) in [6.45, 7) is 0. The van der Waals surface area contributed by atoms with E-state index < -0.39 is 5.82 Å². The Morgan fingerprint density at radius 2 is 1.68 bits per heavy atom. The number of carbonyl (C=O) groups is 1. The Morgan fingerprint density at radius 1 is 1.00 bits per heavy atom. The Bertz CT molecular complexity index is 641. The first-order chi connectivity index (χ1) is 9.00. The van der Waals surface area contributed by atoms with Crippen molar-refractivity contribution in [1.29, 1.82) is 0 Å². The number of halogens is 4. The summed E-state index contributed by atoms with van der Waals surface area (Å²) < 4.78 is 13.3. The van der Waals surface area contributed by atoms with Crippen LogP contribution in [0.5, 0.6) is 0 Å². The summed E-state index contributed by atoms with van der Waals surface area (Å²) in [6, 6.07) is 9.14. The highest BCUT2D eigenvalue weighted by molar-refractivity contribution is 6.42. The Labute approximate surface area is 124 Å². The van der Waals surface area contributed by atoms with E-state index in [1.165, 1.54) is 18.2 Å². The molecule has 98 valence electrons. The fourth-order valence-corrected chi connectivity index (χ4v) is 2.29. The van der Waals surface area contributed by atoms with E-state index >= 15 is 0 Å². The molecule has 1 nitrogen and oxygen atoms in total. The molecule has 0 radical (unpaired) electrons. The molecule has 0 aliphatic rings. The maximum Gasteiger partial charge on any atom is 0.168 e. The van der Waals surface area contributed by atoms with E-state index in [1.807, 2.05) is 0 Å². The fourth-order valence-electron chi connectivity index (χ4n) is 1.67. The van der Waals surface area contributed by atoms with Crippen LogP contribution in [0.3, 0.4) is 0 Å². The highest BCUT2D eigenvalue weighted by atomic mass is 35.5. The van der Waals surface area contributed by atoms with Crippen LogP contribution in [0.15, 0.2) is 36.4 Å². The van der Waals surface area contributed by atoms with E-state index in [4.69, 9.17) is 34.8 Å². The summed E-state index contributed by atoms with van der Waals surface area (Å²) in [5.41, 5.74) is 0.720. The lowest BCUT2D eigenvalue weighted by molar-refractivity contribution is 0.0992. The molecule has 0 N–H and O–H groups in total. The number of hydrogen-bond donors (Lipinski definition) is 0. The second-order valence-electron chi connectivity index (χ2n) is 3.91. The Hall–Kier alpha value is -1.09. The van der Waals surface area contributed by atoms with Gasteiger partial charge in [-0.05, 0) is 23.8 Å². The Balaban J connectivity index is 2.31. The minimum absolute atomic E-state index is 0.0164. The molecule has 0 aromatic heterocycles. The zero-order chi connectivity index (χ0) is 14.0. The first kappa shape index (κ1) is 14.3. The summed E-state index contributed by atoms with van der Waals surface area (Å²) in [5.74, 6) is -0.932. The van der Waals surface area contributed by atoms with E-state index in [-0.39, 0.29) is 22.8 Å². The largest absolute Gasteiger partial charge is 0.294 e. The summed E-state index contributed by atoms with van der Waals surface area (Å²) in [6.07, 6.45) is 0.0164. The van der Waals surface area contributed by atoms with Crippen LogP contribution < -0.4 is 0 Å². The smallest absolute Gasteiger partial charge is 0.168 e. The van der Waals surface area contributed by atoms with Crippen LogP contribution in [0.2, 0.25) is 15.1 Å². The van der Waals surface area contributed by atoms with Crippen LogP contribution in [0.25, 0.3) is 0 Å². The highest BCUT2D eigenvalue weighted by Crippen LogP contribution is 2.28. The van der Waals surface area contributed by atoms with E-state index in [0.717, 1.165) is 0 Å². The van der Waals surface area contributed by atoms with Gasteiger partial charge in [-0.1, -0.05) is 53.0 Å². The van der Waals surface area contributed by atoms with Crippen molar-refractivity contribution in [2.75, 3.05) is 0 Å². The monoisotopic (exact) mass is 316 g/mol. The topological polar surface area (TPSA) is 17.1 Å². The number of carbonyl (C=O) groups excluding carboxylic acids is 1. The first-order valence-corrected chi connectivity index (χ1v) is 6.54. The molecule has 2 rings (SSSR count). The van der Waals surface area contributed by atoms with Crippen LogP contribution >= 0.6 is 34.8 Å². The van der Waals surface area contributed by atoms with Crippen molar-refractivity contribution in [2.24, 2.45) is 0 Å². The molecule has 0 atom stereocenters. The highest BCUT2D eigenvalue weighted by Gasteiger charge is 2.15. The molecule has 0 aliphatic heterocycles. The van der Waals surface area contributed by atoms with Gasteiger partial charge in [-0.25, -0.2) is 4.39 Å². The zero-order valence-corrected chi connectivity index (χ0v) is 11.9. The van der Waals surface area contributed by atoms with Crippen molar-refractivity contribution in [3.8, 4) is 0 Å². The minimum atomic E-state index is -0.621. The molecule has 0 unspecified atom stereocenters. The van der Waals surface area contributed by atoms with Gasteiger partial charge in [0.15, 0.2) is 5.78 Å². The lowest BCUT2D eigenvalue weighted by Gasteiger charge is -2.07. The van der Waals surface area contributed by atoms with Crippen molar-refractivity contribution in [3.63, 3.8) is 0 Å². The maximum atomic E-state index is 13.3. The molecular formula is C14H8Cl3FO. The number of ketones is 1. The van der Waals surface area contributed by atoms with Gasteiger partial charge in [0.2, 0.25) is 0 Å². The molecule has 0 spiro atoms. The van der Waals surface area contributed by atoms with Crippen molar-refractivity contribution in [2.45, 2.75) is 6.42 Å². The lowest BCUT2D eigenvalue weighted by atomic mass is 10.0. The van der Waals surface area contributed by atoms with Gasteiger partial charge in [0, 0.05) is 12.0 Å². The van der Waals surface area contributed by atoms with Crippen molar-refractivity contribution >= 4 is 40.6 Å². The van der Waals surface area contributed by atoms with Crippen LogP contribution in [-0.2, 0) is 6.42 Å². The molecule has 2 aromatic rings. The van der Waals surface area contributed by atoms with Gasteiger partial charge >= 0.3 is 0 Å². The van der Waals surface area contributed by atoms with E-state index in [0.29, 0.717) is 15.6 Å². The molecular weight excluding hydrogens is 310 g/mol.